The van der Waals surface area contributed by atoms with E-state index >= 15 is 0 Å². The van der Waals surface area contributed by atoms with Crippen molar-refractivity contribution in [1.82, 2.24) is 33.6 Å². The van der Waals surface area contributed by atoms with Gasteiger partial charge in [-0.3, -0.25) is 18.7 Å². The zero-order valence-electron chi connectivity index (χ0n) is 20.3. The predicted octanol–water partition coefficient (Wildman–Crippen LogP) is 2.26. The quantitative estimate of drug-likeness (QED) is 0.310. The minimum absolute atomic E-state index is 0.0376. The van der Waals surface area contributed by atoms with E-state index in [0.29, 0.717) is 34.7 Å². The molecule has 12 nitrogen and oxygen atoms in total. The lowest BCUT2D eigenvalue weighted by Gasteiger charge is -2.08. The number of rotatable bonds is 7. The van der Waals surface area contributed by atoms with Crippen LogP contribution in [-0.2, 0) is 36.6 Å². The SMILES string of the molecule is COC(=O)CCc1nccc(Nc2nc3c(c(=O)n(Cc4cc5c(Cl)cccc5[nH]4)c(=O)n3C)n2C)n1. The van der Waals surface area contributed by atoms with Crippen LogP contribution in [-0.4, -0.2) is 46.7 Å². The second-order valence-corrected chi connectivity index (χ2v) is 8.86. The molecule has 2 N–H and O–H groups in total. The van der Waals surface area contributed by atoms with E-state index in [9.17, 15) is 14.4 Å². The molecule has 13 heteroatoms. The highest BCUT2D eigenvalue weighted by Crippen LogP contribution is 2.24. The van der Waals surface area contributed by atoms with E-state index in [0.717, 1.165) is 15.5 Å². The number of halogens is 1. The second kappa shape index (κ2) is 9.54. The lowest BCUT2D eigenvalue weighted by atomic mass is 10.2. The van der Waals surface area contributed by atoms with Crippen molar-refractivity contribution in [1.29, 1.82) is 0 Å². The van der Waals surface area contributed by atoms with Crippen molar-refractivity contribution in [2.45, 2.75) is 19.4 Å². The molecule has 0 aliphatic heterocycles. The van der Waals surface area contributed by atoms with Gasteiger partial charge in [0.15, 0.2) is 11.2 Å². The fourth-order valence-electron chi connectivity index (χ4n) is 4.15. The Labute approximate surface area is 214 Å². The molecule has 5 aromatic rings. The molecule has 0 unspecified atom stereocenters. The summed E-state index contributed by atoms with van der Waals surface area (Å²) in [6, 6.07) is 8.95. The number of carbonyl (C=O) groups excluding carboxylic acids is 1. The largest absolute Gasteiger partial charge is 0.469 e. The van der Waals surface area contributed by atoms with Crippen LogP contribution < -0.4 is 16.6 Å². The van der Waals surface area contributed by atoms with E-state index in [4.69, 9.17) is 11.6 Å². The Morgan fingerprint density at radius 1 is 1.16 bits per heavy atom. The van der Waals surface area contributed by atoms with Crippen LogP contribution in [0.3, 0.4) is 0 Å². The molecule has 0 fully saturated rings. The first kappa shape index (κ1) is 24.3. The first-order valence-corrected chi connectivity index (χ1v) is 11.7. The van der Waals surface area contributed by atoms with Gasteiger partial charge in [0, 0.05) is 48.3 Å². The van der Waals surface area contributed by atoms with Crippen molar-refractivity contribution in [2.75, 3.05) is 12.4 Å². The maximum absolute atomic E-state index is 13.5. The highest BCUT2D eigenvalue weighted by molar-refractivity contribution is 6.35. The summed E-state index contributed by atoms with van der Waals surface area (Å²) in [6.07, 6.45) is 2.01. The molecule has 0 saturated heterocycles. The van der Waals surface area contributed by atoms with Crippen LogP contribution in [0.25, 0.3) is 22.1 Å². The number of methoxy groups -OCH3 is 1. The summed E-state index contributed by atoms with van der Waals surface area (Å²) in [4.78, 5) is 54.3. The molecule has 190 valence electrons. The van der Waals surface area contributed by atoms with Gasteiger partial charge < -0.3 is 19.6 Å². The van der Waals surface area contributed by atoms with Crippen LogP contribution in [0, 0.1) is 0 Å². The van der Waals surface area contributed by atoms with Gasteiger partial charge in [-0.25, -0.2) is 14.8 Å². The number of aromatic nitrogens is 7. The zero-order chi connectivity index (χ0) is 26.3. The fraction of sp³-hybridized carbons (Fsp3) is 0.250. The Morgan fingerprint density at radius 3 is 2.73 bits per heavy atom. The molecular formula is C24H23ClN8O4. The highest BCUT2D eigenvalue weighted by atomic mass is 35.5. The van der Waals surface area contributed by atoms with Crippen molar-refractivity contribution in [3.05, 3.63) is 73.9 Å². The van der Waals surface area contributed by atoms with E-state index < -0.39 is 11.2 Å². The molecule has 0 aliphatic rings. The van der Waals surface area contributed by atoms with E-state index in [2.05, 4.69) is 30.0 Å². The number of hydrogen-bond donors (Lipinski definition) is 2. The van der Waals surface area contributed by atoms with Crippen molar-refractivity contribution in [3.63, 3.8) is 0 Å². The van der Waals surface area contributed by atoms with Gasteiger partial charge in [0.2, 0.25) is 5.95 Å². The monoisotopic (exact) mass is 522 g/mol. The summed E-state index contributed by atoms with van der Waals surface area (Å²) in [7, 11) is 4.56. The second-order valence-electron chi connectivity index (χ2n) is 8.45. The predicted molar refractivity (Wildman–Crippen MR) is 138 cm³/mol. The molecule has 0 spiro atoms. The van der Waals surface area contributed by atoms with Crippen LogP contribution >= 0.6 is 11.6 Å². The molecule has 5 rings (SSSR count). The number of imidazole rings is 1. The third kappa shape index (κ3) is 4.47. The molecular weight excluding hydrogens is 500 g/mol. The number of hydrogen-bond acceptors (Lipinski definition) is 8. The lowest BCUT2D eigenvalue weighted by molar-refractivity contribution is -0.140. The Hall–Kier alpha value is -4.45. The Balaban J connectivity index is 1.50. The number of fused-ring (bicyclic) bond motifs is 2. The summed E-state index contributed by atoms with van der Waals surface area (Å²) in [5, 5.41) is 4.46. The van der Waals surface area contributed by atoms with Gasteiger partial charge in [-0.2, -0.15) is 4.98 Å². The smallest absolute Gasteiger partial charge is 0.332 e. The number of aryl methyl sites for hydroxylation is 3. The molecule has 1 aromatic carbocycles. The van der Waals surface area contributed by atoms with Gasteiger partial charge in [-0.15, -0.1) is 0 Å². The summed E-state index contributed by atoms with van der Waals surface area (Å²) in [5.41, 5.74) is 0.986. The van der Waals surface area contributed by atoms with Crippen molar-refractivity contribution in [3.8, 4) is 0 Å². The van der Waals surface area contributed by atoms with Gasteiger partial charge in [0.25, 0.3) is 5.56 Å². The zero-order valence-corrected chi connectivity index (χ0v) is 21.0. The van der Waals surface area contributed by atoms with E-state index in [-0.39, 0.29) is 30.1 Å². The van der Waals surface area contributed by atoms with Crippen molar-refractivity contribution in [2.24, 2.45) is 14.1 Å². The third-order valence-corrected chi connectivity index (χ3v) is 6.41. The maximum Gasteiger partial charge on any atom is 0.332 e. The first-order valence-electron chi connectivity index (χ1n) is 11.3. The van der Waals surface area contributed by atoms with Crippen LogP contribution in [0.15, 0.2) is 46.1 Å². The number of nitrogens with zero attached hydrogens (tertiary/aromatic N) is 6. The summed E-state index contributed by atoms with van der Waals surface area (Å²) >= 11 is 6.27. The number of benzene rings is 1. The number of H-pyrrole nitrogens is 1. The lowest BCUT2D eigenvalue weighted by Crippen LogP contribution is -2.39. The molecule has 0 bridgehead atoms. The van der Waals surface area contributed by atoms with Crippen molar-refractivity contribution < 1.29 is 9.53 Å². The van der Waals surface area contributed by atoms with Crippen LogP contribution in [0.5, 0.6) is 0 Å². The standard InChI is InChI=1S/C24H23ClN8O4/c1-31-20-21(30-23(31)29-18-9-10-26-17(28-18)7-8-19(34)37-3)32(2)24(36)33(22(20)35)12-13-11-14-15(25)5-4-6-16(14)27-13/h4-6,9-11,27H,7-8,12H2,1-3H3,(H,26,28,29,30). The number of carbonyl (C=O) groups is 1. The minimum Gasteiger partial charge on any atom is -0.469 e. The molecule has 4 aromatic heterocycles. The van der Waals surface area contributed by atoms with Crippen LogP contribution in [0.4, 0.5) is 11.8 Å². The number of esters is 1. The molecule has 0 saturated carbocycles. The van der Waals surface area contributed by atoms with Crippen LogP contribution in [0.1, 0.15) is 17.9 Å². The normalized spacial score (nSPS) is 11.4. The van der Waals surface area contributed by atoms with Gasteiger partial charge in [-0.05, 0) is 24.3 Å². The molecule has 0 atom stereocenters. The topological polar surface area (TPSA) is 142 Å². The molecule has 37 heavy (non-hydrogen) atoms. The summed E-state index contributed by atoms with van der Waals surface area (Å²) in [6.45, 7) is 0.0376. The maximum atomic E-state index is 13.5. The number of aromatic amines is 1. The first-order chi connectivity index (χ1) is 17.8. The summed E-state index contributed by atoms with van der Waals surface area (Å²) in [5.74, 6) is 0.829. The van der Waals surface area contributed by atoms with Gasteiger partial charge in [-0.1, -0.05) is 17.7 Å². The number of ether oxygens (including phenoxy) is 1. The van der Waals surface area contributed by atoms with Gasteiger partial charge in [0.1, 0.15) is 11.6 Å². The Kier molecular flexibility index (Phi) is 6.25. The minimum atomic E-state index is -0.501. The fourth-order valence-corrected chi connectivity index (χ4v) is 4.37. The number of nitrogens with one attached hydrogen (secondary N) is 2. The number of anilines is 2. The average molecular weight is 523 g/mol. The third-order valence-electron chi connectivity index (χ3n) is 6.08. The molecule has 0 radical (unpaired) electrons. The van der Waals surface area contributed by atoms with E-state index in [1.54, 1.807) is 37.0 Å². The molecule has 0 amide bonds. The highest BCUT2D eigenvalue weighted by Gasteiger charge is 2.20. The Bertz CT molecular complexity index is 1780. The average Bonchev–Trinajstić information content (AvgIpc) is 3.46. The Morgan fingerprint density at radius 2 is 1.97 bits per heavy atom. The van der Waals surface area contributed by atoms with Gasteiger partial charge >= 0.3 is 11.7 Å². The van der Waals surface area contributed by atoms with Crippen LogP contribution in [0.2, 0.25) is 5.02 Å². The molecule has 4 heterocycles. The van der Waals surface area contributed by atoms with E-state index in [1.807, 2.05) is 18.2 Å². The van der Waals surface area contributed by atoms with Crippen molar-refractivity contribution >= 4 is 51.4 Å². The molecule has 0 aliphatic carbocycles. The summed E-state index contributed by atoms with van der Waals surface area (Å²) < 4.78 is 8.72. The van der Waals surface area contributed by atoms with E-state index in [1.165, 1.54) is 11.7 Å². The van der Waals surface area contributed by atoms with Gasteiger partial charge in [0.05, 0.1) is 20.1 Å².